The highest BCUT2D eigenvalue weighted by atomic mass is 15.1. The molecule has 84 valence electrons. The Hall–Kier alpha value is -0.120. The molecule has 1 fully saturated rings. The summed E-state index contributed by atoms with van der Waals surface area (Å²) in [5.41, 5.74) is 0. The van der Waals surface area contributed by atoms with Crippen LogP contribution in [0.2, 0.25) is 0 Å². The van der Waals surface area contributed by atoms with E-state index in [4.69, 9.17) is 0 Å². The third kappa shape index (κ3) is 4.94. The van der Waals surface area contributed by atoms with Crippen LogP contribution in [0, 0.1) is 0 Å². The summed E-state index contributed by atoms with van der Waals surface area (Å²) in [6, 6.07) is 1.31. The Balaban J connectivity index is 2.00. The molecule has 0 aromatic rings. The zero-order valence-electron chi connectivity index (χ0n) is 9.84. The van der Waals surface area contributed by atoms with Crippen molar-refractivity contribution in [1.82, 2.24) is 15.5 Å². The third-order valence-electron chi connectivity index (χ3n) is 2.74. The molecule has 0 bridgehead atoms. The fourth-order valence-corrected chi connectivity index (χ4v) is 1.97. The van der Waals surface area contributed by atoms with Crippen molar-refractivity contribution >= 4 is 0 Å². The van der Waals surface area contributed by atoms with E-state index >= 15 is 0 Å². The Morgan fingerprint density at radius 1 is 1.36 bits per heavy atom. The molecule has 0 radical (unpaired) electrons. The third-order valence-corrected chi connectivity index (χ3v) is 2.74. The van der Waals surface area contributed by atoms with Crippen molar-refractivity contribution in [2.24, 2.45) is 0 Å². The smallest absolute Gasteiger partial charge is 0.0195 e. The zero-order chi connectivity index (χ0) is 10.4. The number of piperidine rings is 1. The van der Waals surface area contributed by atoms with Crippen LogP contribution in [0.4, 0.5) is 0 Å². The van der Waals surface area contributed by atoms with E-state index in [1.807, 2.05) is 0 Å². The monoisotopic (exact) mass is 199 g/mol. The lowest BCUT2D eigenvalue weighted by Crippen LogP contribution is -2.46. The summed E-state index contributed by atoms with van der Waals surface area (Å²) in [5.74, 6) is 0. The summed E-state index contributed by atoms with van der Waals surface area (Å²) in [5, 5.41) is 7.02. The van der Waals surface area contributed by atoms with Crippen LogP contribution in [0.25, 0.3) is 0 Å². The number of likely N-dealkylation sites (tertiary alicyclic amines) is 1. The van der Waals surface area contributed by atoms with E-state index in [2.05, 4.69) is 36.4 Å². The Morgan fingerprint density at radius 3 is 2.79 bits per heavy atom. The van der Waals surface area contributed by atoms with E-state index in [0.29, 0.717) is 12.1 Å². The van der Waals surface area contributed by atoms with Crippen molar-refractivity contribution in [3.63, 3.8) is 0 Å². The highest BCUT2D eigenvalue weighted by Crippen LogP contribution is 2.06. The Bertz CT molecular complexity index is 147. The van der Waals surface area contributed by atoms with Gasteiger partial charge in [-0.3, -0.25) is 0 Å². The van der Waals surface area contributed by atoms with Crippen molar-refractivity contribution in [1.29, 1.82) is 0 Å². The van der Waals surface area contributed by atoms with Gasteiger partial charge in [0.15, 0.2) is 0 Å². The van der Waals surface area contributed by atoms with Gasteiger partial charge in [0.05, 0.1) is 0 Å². The molecule has 0 aromatic heterocycles. The predicted molar refractivity (Wildman–Crippen MR) is 61.7 cm³/mol. The molecule has 1 rings (SSSR count). The van der Waals surface area contributed by atoms with Crippen LogP contribution in [-0.2, 0) is 0 Å². The number of likely N-dealkylation sites (N-methyl/N-ethyl adjacent to an activating group) is 1. The molecule has 2 N–H and O–H groups in total. The van der Waals surface area contributed by atoms with Gasteiger partial charge >= 0.3 is 0 Å². The quantitative estimate of drug-likeness (QED) is 0.637. The second-order valence-corrected chi connectivity index (χ2v) is 4.66. The van der Waals surface area contributed by atoms with E-state index in [9.17, 15) is 0 Å². The first kappa shape index (κ1) is 12.0. The molecule has 1 atom stereocenters. The van der Waals surface area contributed by atoms with Gasteiger partial charge in [0, 0.05) is 31.7 Å². The second-order valence-electron chi connectivity index (χ2n) is 4.66. The summed E-state index contributed by atoms with van der Waals surface area (Å²) < 4.78 is 0. The molecule has 0 spiro atoms. The average Bonchev–Trinajstić information content (AvgIpc) is 2.12. The lowest BCUT2D eigenvalue weighted by Gasteiger charge is -2.30. The van der Waals surface area contributed by atoms with Crippen LogP contribution in [0.3, 0.4) is 0 Å². The molecule has 1 saturated heterocycles. The summed E-state index contributed by atoms with van der Waals surface area (Å²) in [4.78, 5) is 2.41. The molecule has 0 amide bonds. The first-order chi connectivity index (χ1) is 6.68. The van der Waals surface area contributed by atoms with Crippen LogP contribution in [0.5, 0.6) is 0 Å². The van der Waals surface area contributed by atoms with Crippen LogP contribution >= 0.6 is 0 Å². The molecule has 14 heavy (non-hydrogen) atoms. The van der Waals surface area contributed by atoms with Crippen LogP contribution in [-0.4, -0.2) is 50.2 Å². The van der Waals surface area contributed by atoms with Crippen molar-refractivity contribution in [2.45, 2.75) is 38.8 Å². The number of rotatable bonds is 5. The Labute approximate surface area is 88.2 Å². The van der Waals surface area contributed by atoms with Gasteiger partial charge in [0.2, 0.25) is 0 Å². The van der Waals surface area contributed by atoms with Crippen LogP contribution in [0.15, 0.2) is 0 Å². The topological polar surface area (TPSA) is 27.3 Å². The van der Waals surface area contributed by atoms with Gasteiger partial charge < -0.3 is 15.5 Å². The molecule has 1 aliphatic heterocycles. The Kier molecular flexibility index (Phi) is 5.45. The molecule has 0 saturated carbocycles. The predicted octanol–water partition coefficient (Wildman–Crippen LogP) is 0.668. The number of nitrogens with one attached hydrogen (secondary N) is 2. The lowest BCUT2D eigenvalue weighted by molar-refractivity contribution is 0.227. The fraction of sp³-hybridized carbons (Fsp3) is 1.00. The number of hydrogen-bond acceptors (Lipinski definition) is 3. The molecular weight excluding hydrogens is 174 g/mol. The second kappa shape index (κ2) is 6.38. The fourth-order valence-electron chi connectivity index (χ4n) is 1.97. The minimum Gasteiger partial charge on any atom is -0.313 e. The number of nitrogens with zero attached hydrogens (tertiary/aromatic N) is 1. The van der Waals surface area contributed by atoms with Gasteiger partial charge in [-0.15, -0.1) is 0 Å². The highest BCUT2D eigenvalue weighted by Gasteiger charge is 2.15. The zero-order valence-corrected chi connectivity index (χ0v) is 9.84. The van der Waals surface area contributed by atoms with E-state index < -0.39 is 0 Å². The summed E-state index contributed by atoms with van der Waals surface area (Å²) in [7, 11) is 2.21. The summed E-state index contributed by atoms with van der Waals surface area (Å²) in [6.07, 6.45) is 2.68. The minimum absolute atomic E-state index is 0.603. The maximum atomic E-state index is 3.60. The normalized spacial score (nSPS) is 24.4. The molecule has 1 aliphatic rings. The van der Waals surface area contributed by atoms with E-state index in [-0.39, 0.29) is 0 Å². The van der Waals surface area contributed by atoms with Crippen molar-refractivity contribution in [3.8, 4) is 0 Å². The standard InChI is InChI=1S/C11H25N3/c1-10(2)12-6-7-13-11-5-4-8-14(3)9-11/h10-13H,4-9H2,1-3H3. The van der Waals surface area contributed by atoms with Crippen molar-refractivity contribution in [2.75, 3.05) is 33.2 Å². The van der Waals surface area contributed by atoms with Gasteiger partial charge in [0.25, 0.3) is 0 Å². The molecule has 1 heterocycles. The van der Waals surface area contributed by atoms with Crippen molar-refractivity contribution in [3.05, 3.63) is 0 Å². The summed E-state index contributed by atoms with van der Waals surface area (Å²) >= 11 is 0. The first-order valence-corrected chi connectivity index (χ1v) is 5.84. The SMILES string of the molecule is CC(C)NCCNC1CCCN(C)C1. The molecule has 1 unspecified atom stereocenters. The van der Waals surface area contributed by atoms with Gasteiger partial charge in [-0.25, -0.2) is 0 Å². The van der Waals surface area contributed by atoms with E-state index in [0.717, 1.165) is 13.1 Å². The average molecular weight is 199 g/mol. The minimum atomic E-state index is 0.603. The first-order valence-electron chi connectivity index (χ1n) is 5.84. The van der Waals surface area contributed by atoms with Gasteiger partial charge in [0.1, 0.15) is 0 Å². The Morgan fingerprint density at radius 2 is 2.14 bits per heavy atom. The molecule has 3 nitrogen and oxygen atoms in total. The molecule has 0 aromatic carbocycles. The van der Waals surface area contributed by atoms with E-state index in [1.54, 1.807) is 0 Å². The van der Waals surface area contributed by atoms with Crippen LogP contribution < -0.4 is 10.6 Å². The number of hydrogen-bond donors (Lipinski definition) is 2. The maximum absolute atomic E-state index is 3.60. The van der Waals surface area contributed by atoms with Gasteiger partial charge in [-0.2, -0.15) is 0 Å². The van der Waals surface area contributed by atoms with E-state index in [1.165, 1.54) is 25.9 Å². The van der Waals surface area contributed by atoms with Crippen molar-refractivity contribution < 1.29 is 0 Å². The summed E-state index contributed by atoms with van der Waals surface area (Å²) in [6.45, 7) is 9.03. The molecular formula is C11H25N3. The molecule has 0 aliphatic carbocycles. The largest absolute Gasteiger partial charge is 0.313 e. The maximum Gasteiger partial charge on any atom is 0.0195 e. The highest BCUT2D eigenvalue weighted by molar-refractivity contribution is 4.76. The van der Waals surface area contributed by atoms with Crippen LogP contribution in [0.1, 0.15) is 26.7 Å². The van der Waals surface area contributed by atoms with Gasteiger partial charge in [-0.05, 0) is 26.4 Å². The lowest BCUT2D eigenvalue weighted by atomic mass is 10.1. The molecule has 3 heteroatoms. The van der Waals surface area contributed by atoms with Gasteiger partial charge in [-0.1, -0.05) is 13.8 Å².